The molecule has 0 saturated heterocycles. The van der Waals surface area contributed by atoms with E-state index in [0.717, 1.165) is 5.56 Å². The maximum atomic E-state index is 11.2. The number of aryl methyl sites for hydroxylation is 1. The average Bonchev–Trinajstić information content (AvgIpc) is 2.07. The molecule has 0 aliphatic heterocycles. The summed E-state index contributed by atoms with van der Waals surface area (Å²) in [5.41, 5.74) is 0.857. The van der Waals surface area contributed by atoms with E-state index in [2.05, 4.69) is 0 Å². The Morgan fingerprint density at radius 3 is 2.54 bits per heavy atom. The summed E-state index contributed by atoms with van der Waals surface area (Å²) in [4.78, 5) is 0.637. The lowest BCUT2D eigenvalue weighted by Crippen LogP contribution is -1.93. The van der Waals surface area contributed by atoms with E-state index in [-0.39, 0.29) is 5.75 Å². The Bertz CT molecular complexity index is 347. The van der Waals surface area contributed by atoms with Crippen LogP contribution in [0.3, 0.4) is 0 Å². The van der Waals surface area contributed by atoms with Gasteiger partial charge in [-0.2, -0.15) is 0 Å². The van der Waals surface area contributed by atoms with Crippen molar-refractivity contribution in [2.75, 3.05) is 13.4 Å². The Hall–Kier alpha value is -1.03. The number of hydrogen-bond donors (Lipinski definition) is 1. The summed E-state index contributed by atoms with van der Waals surface area (Å²) in [6.07, 6.45) is 1.58. The van der Waals surface area contributed by atoms with Crippen molar-refractivity contribution in [2.45, 2.75) is 11.8 Å². The van der Waals surface area contributed by atoms with Gasteiger partial charge in [0.1, 0.15) is 0 Å². The first-order valence-electron chi connectivity index (χ1n) is 3.77. The molecule has 0 saturated carbocycles. The second kappa shape index (κ2) is 3.79. The molecule has 0 unspecified atom stereocenters. The van der Waals surface area contributed by atoms with E-state index in [1.165, 1.54) is 13.2 Å². The Morgan fingerprint density at radius 2 is 2.08 bits per heavy atom. The van der Waals surface area contributed by atoms with E-state index in [4.69, 9.17) is 4.74 Å². The van der Waals surface area contributed by atoms with Crippen molar-refractivity contribution < 1.29 is 14.1 Å². The summed E-state index contributed by atoms with van der Waals surface area (Å²) in [6.45, 7) is 1.83. The highest BCUT2D eigenvalue weighted by molar-refractivity contribution is 7.84. The third-order valence-electron chi connectivity index (χ3n) is 1.79. The summed E-state index contributed by atoms with van der Waals surface area (Å²) >= 11 is 0. The molecular weight excluding hydrogens is 188 g/mol. The average molecular weight is 200 g/mol. The lowest BCUT2D eigenvalue weighted by atomic mass is 10.2. The minimum Gasteiger partial charge on any atom is -0.504 e. The summed E-state index contributed by atoms with van der Waals surface area (Å²) in [7, 11) is 0.407. The summed E-state index contributed by atoms with van der Waals surface area (Å²) in [5, 5.41) is 9.41. The number of ether oxygens (including phenoxy) is 1. The van der Waals surface area contributed by atoms with Gasteiger partial charge in [0.05, 0.1) is 17.9 Å². The van der Waals surface area contributed by atoms with Crippen molar-refractivity contribution in [1.29, 1.82) is 0 Å². The maximum Gasteiger partial charge on any atom is 0.160 e. The molecule has 0 aliphatic rings. The fraction of sp³-hybridized carbons (Fsp3) is 0.333. The number of aromatic hydroxyl groups is 1. The molecule has 1 aromatic rings. The molecule has 0 heterocycles. The molecule has 1 N–H and O–H groups in total. The topological polar surface area (TPSA) is 46.5 Å². The Balaban J connectivity index is 3.28. The molecule has 3 nitrogen and oxygen atoms in total. The van der Waals surface area contributed by atoms with Gasteiger partial charge in [0.2, 0.25) is 0 Å². The van der Waals surface area contributed by atoms with Gasteiger partial charge in [0.25, 0.3) is 0 Å². The van der Waals surface area contributed by atoms with Gasteiger partial charge in [0.15, 0.2) is 11.5 Å². The SMILES string of the molecule is COc1cc(C)c([S@@](C)=O)cc1O. The number of phenolic OH excluding ortho intramolecular Hbond substituents is 1. The normalized spacial score (nSPS) is 12.5. The van der Waals surface area contributed by atoms with Crippen molar-refractivity contribution in [3.8, 4) is 11.5 Å². The number of hydrogen-bond acceptors (Lipinski definition) is 3. The Labute approximate surface area is 79.8 Å². The zero-order valence-electron chi connectivity index (χ0n) is 7.83. The molecule has 13 heavy (non-hydrogen) atoms. The third-order valence-corrected chi connectivity index (χ3v) is 2.85. The standard InChI is InChI=1S/C9H12O3S/c1-6-4-8(12-2)7(10)5-9(6)13(3)11/h4-5,10H,1-3H3/t13-/m1/s1. The van der Waals surface area contributed by atoms with Crippen LogP contribution in [-0.2, 0) is 10.8 Å². The minimum atomic E-state index is -1.08. The molecule has 1 atom stereocenters. The van der Waals surface area contributed by atoms with Crippen molar-refractivity contribution in [3.05, 3.63) is 17.7 Å². The first-order chi connectivity index (χ1) is 6.06. The third kappa shape index (κ3) is 2.01. The van der Waals surface area contributed by atoms with Gasteiger partial charge >= 0.3 is 0 Å². The van der Waals surface area contributed by atoms with Crippen molar-refractivity contribution in [3.63, 3.8) is 0 Å². The quantitative estimate of drug-likeness (QED) is 0.786. The van der Waals surface area contributed by atoms with Gasteiger partial charge in [-0.15, -0.1) is 0 Å². The van der Waals surface area contributed by atoms with Crippen LogP contribution in [0.15, 0.2) is 17.0 Å². The van der Waals surface area contributed by atoms with E-state index in [9.17, 15) is 9.32 Å². The Kier molecular flexibility index (Phi) is 2.93. The molecule has 4 heteroatoms. The highest BCUT2D eigenvalue weighted by atomic mass is 32.2. The van der Waals surface area contributed by atoms with Crippen molar-refractivity contribution in [1.82, 2.24) is 0 Å². The van der Waals surface area contributed by atoms with Crippen LogP contribution in [0, 0.1) is 6.92 Å². The Morgan fingerprint density at radius 1 is 1.46 bits per heavy atom. The highest BCUT2D eigenvalue weighted by Gasteiger charge is 2.08. The smallest absolute Gasteiger partial charge is 0.160 e. The summed E-state index contributed by atoms with van der Waals surface area (Å²) < 4.78 is 16.1. The maximum absolute atomic E-state index is 11.2. The number of methoxy groups -OCH3 is 1. The van der Waals surface area contributed by atoms with Gasteiger partial charge in [-0.3, -0.25) is 4.21 Å². The predicted molar refractivity (Wildman–Crippen MR) is 51.7 cm³/mol. The van der Waals surface area contributed by atoms with E-state index in [1.807, 2.05) is 6.92 Å². The van der Waals surface area contributed by atoms with Gasteiger partial charge in [0, 0.05) is 17.2 Å². The van der Waals surface area contributed by atoms with Crippen LogP contribution in [0.25, 0.3) is 0 Å². The van der Waals surface area contributed by atoms with Crippen LogP contribution in [0.4, 0.5) is 0 Å². The van der Waals surface area contributed by atoms with Crippen LogP contribution < -0.4 is 4.74 Å². The predicted octanol–water partition coefficient (Wildman–Crippen LogP) is 1.45. The molecule has 0 aliphatic carbocycles. The van der Waals surface area contributed by atoms with Crippen LogP contribution in [0.1, 0.15) is 5.56 Å². The molecule has 1 aromatic carbocycles. The van der Waals surface area contributed by atoms with Gasteiger partial charge < -0.3 is 9.84 Å². The first kappa shape index (κ1) is 10.1. The fourth-order valence-electron chi connectivity index (χ4n) is 1.12. The summed E-state index contributed by atoms with van der Waals surface area (Å²) in [5.74, 6) is 0.435. The van der Waals surface area contributed by atoms with E-state index < -0.39 is 10.8 Å². The zero-order valence-corrected chi connectivity index (χ0v) is 8.64. The number of rotatable bonds is 2. The lowest BCUT2D eigenvalue weighted by molar-refractivity contribution is 0.372. The number of phenols is 1. The van der Waals surface area contributed by atoms with Crippen molar-refractivity contribution >= 4 is 10.8 Å². The monoisotopic (exact) mass is 200 g/mol. The zero-order chi connectivity index (χ0) is 10.0. The van der Waals surface area contributed by atoms with Gasteiger partial charge in [-0.25, -0.2) is 0 Å². The highest BCUT2D eigenvalue weighted by Crippen LogP contribution is 2.30. The lowest BCUT2D eigenvalue weighted by Gasteiger charge is -2.07. The second-order valence-corrected chi connectivity index (χ2v) is 4.09. The van der Waals surface area contributed by atoms with Crippen LogP contribution in [0.2, 0.25) is 0 Å². The van der Waals surface area contributed by atoms with Crippen molar-refractivity contribution in [2.24, 2.45) is 0 Å². The van der Waals surface area contributed by atoms with Crippen LogP contribution >= 0.6 is 0 Å². The van der Waals surface area contributed by atoms with E-state index >= 15 is 0 Å². The molecule has 0 aromatic heterocycles. The second-order valence-electron chi connectivity index (χ2n) is 2.74. The molecule has 0 amide bonds. The van der Waals surface area contributed by atoms with E-state index in [1.54, 1.807) is 12.3 Å². The van der Waals surface area contributed by atoms with Gasteiger partial charge in [-0.05, 0) is 18.6 Å². The van der Waals surface area contributed by atoms with Gasteiger partial charge in [-0.1, -0.05) is 0 Å². The molecule has 0 radical (unpaired) electrons. The molecule has 1 rings (SSSR count). The van der Waals surface area contributed by atoms with E-state index in [0.29, 0.717) is 10.6 Å². The fourth-order valence-corrected chi connectivity index (χ4v) is 1.91. The van der Waals surface area contributed by atoms with Crippen LogP contribution in [0.5, 0.6) is 11.5 Å². The number of benzene rings is 1. The molecule has 0 bridgehead atoms. The minimum absolute atomic E-state index is 0.0262. The largest absolute Gasteiger partial charge is 0.504 e. The molecule has 0 fully saturated rings. The molecular formula is C9H12O3S. The summed E-state index contributed by atoms with van der Waals surface area (Å²) in [6, 6.07) is 3.15. The van der Waals surface area contributed by atoms with Crippen LogP contribution in [-0.4, -0.2) is 22.7 Å². The first-order valence-corrected chi connectivity index (χ1v) is 5.33. The molecule has 0 spiro atoms. The molecule has 72 valence electrons.